The predicted molar refractivity (Wildman–Crippen MR) is 63.9 cm³/mol. The molecule has 0 atom stereocenters. The molecule has 0 unspecified atom stereocenters. The number of hydrogen-bond donors (Lipinski definition) is 0. The highest BCUT2D eigenvalue weighted by Crippen LogP contribution is 2.13. The number of hydrogen-bond acceptors (Lipinski definition) is 5. The average molecular weight is 261 g/mol. The quantitative estimate of drug-likeness (QED) is 0.800. The van der Waals surface area contributed by atoms with Gasteiger partial charge in [-0.25, -0.2) is 8.42 Å². The summed E-state index contributed by atoms with van der Waals surface area (Å²) in [6.07, 6.45) is 0. The highest BCUT2D eigenvalue weighted by Gasteiger charge is 2.24. The lowest BCUT2D eigenvalue weighted by molar-refractivity contribution is 0.354. The topological polar surface area (TPSA) is 76.3 Å². The zero-order valence-electron chi connectivity index (χ0n) is 10.8. The molecule has 17 heavy (non-hydrogen) atoms. The second-order valence-electron chi connectivity index (χ2n) is 4.55. The first-order valence-electron chi connectivity index (χ1n) is 5.52. The van der Waals surface area contributed by atoms with E-state index in [1.54, 1.807) is 13.8 Å². The lowest BCUT2D eigenvalue weighted by atomic mass is 10.2. The van der Waals surface area contributed by atoms with E-state index in [9.17, 15) is 8.42 Å². The van der Waals surface area contributed by atoms with Crippen molar-refractivity contribution in [3.8, 4) is 0 Å². The third-order valence-corrected chi connectivity index (χ3v) is 4.56. The Morgan fingerprint density at radius 2 is 1.88 bits per heavy atom. The molecule has 0 bridgehead atoms. The van der Waals surface area contributed by atoms with Crippen molar-refractivity contribution >= 4 is 10.0 Å². The molecular weight excluding hydrogens is 242 g/mol. The van der Waals surface area contributed by atoms with Gasteiger partial charge in [0.2, 0.25) is 15.9 Å². The minimum absolute atomic E-state index is 0.136. The van der Waals surface area contributed by atoms with Crippen molar-refractivity contribution in [2.24, 2.45) is 0 Å². The Labute approximate surface area is 102 Å². The third kappa shape index (κ3) is 3.26. The molecule has 0 fully saturated rings. The second kappa shape index (κ2) is 5.14. The average Bonchev–Trinajstić information content (AvgIpc) is 2.65. The van der Waals surface area contributed by atoms with E-state index in [1.807, 2.05) is 13.8 Å². The first-order valence-corrected chi connectivity index (χ1v) is 7.03. The Hall–Kier alpha value is -0.950. The van der Waals surface area contributed by atoms with Crippen LogP contribution in [0.15, 0.2) is 4.52 Å². The number of rotatable bonds is 5. The molecule has 1 aromatic heterocycles. The van der Waals surface area contributed by atoms with Gasteiger partial charge < -0.3 is 4.52 Å². The molecule has 0 aliphatic carbocycles. The zero-order chi connectivity index (χ0) is 13.2. The van der Waals surface area contributed by atoms with Crippen molar-refractivity contribution < 1.29 is 12.9 Å². The summed E-state index contributed by atoms with van der Waals surface area (Å²) in [5, 5.41) is 3.30. The van der Waals surface area contributed by atoms with Crippen LogP contribution in [-0.4, -0.2) is 35.2 Å². The van der Waals surface area contributed by atoms with Gasteiger partial charge in [0, 0.05) is 13.0 Å². The fourth-order valence-electron chi connectivity index (χ4n) is 1.22. The Morgan fingerprint density at radius 3 is 2.29 bits per heavy atom. The van der Waals surface area contributed by atoms with Crippen molar-refractivity contribution in [3.63, 3.8) is 0 Å². The smallest absolute Gasteiger partial charge is 0.229 e. The van der Waals surface area contributed by atoms with E-state index in [2.05, 4.69) is 10.1 Å². The highest BCUT2D eigenvalue weighted by molar-refractivity contribution is 7.89. The van der Waals surface area contributed by atoms with Gasteiger partial charge in [0.05, 0.1) is 11.8 Å². The van der Waals surface area contributed by atoms with Crippen LogP contribution in [0.25, 0.3) is 0 Å². The number of sulfonamides is 1. The van der Waals surface area contributed by atoms with Crippen LogP contribution in [0.3, 0.4) is 0 Å². The third-order valence-electron chi connectivity index (χ3n) is 2.37. The standard InChI is InChI=1S/C10H19N3O3S/c1-7(2)10-11-9(12-16-10)6-13(5)17(14,15)8(3)4/h7-8H,6H2,1-5H3. The first-order chi connectivity index (χ1) is 7.75. The Morgan fingerprint density at radius 1 is 1.29 bits per heavy atom. The molecule has 6 nitrogen and oxygen atoms in total. The predicted octanol–water partition coefficient (Wildman–Crippen LogP) is 1.36. The fourth-order valence-corrected chi connectivity index (χ4v) is 2.23. The Kier molecular flexibility index (Phi) is 4.26. The molecule has 0 aliphatic heterocycles. The summed E-state index contributed by atoms with van der Waals surface area (Å²) in [5.74, 6) is 1.05. The molecule has 0 amide bonds. The van der Waals surface area contributed by atoms with E-state index in [1.165, 1.54) is 11.4 Å². The van der Waals surface area contributed by atoms with Gasteiger partial charge in [-0.1, -0.05) is 19.0 Å². The summed E-state index contributed by atoms with van der Waals surface area (Å²) >= 11 is 0. The Balaban J connectivity index is 2.78. The molecule has 0 spiro atoms. The van der Waals surface area contributed by atoms with Gasteiger partial charge in [-0.2, -0.15) is 9.29 Å². The van der Waals surface area contributed by atoms with Crippen molar-refractivity contribution in [3.05, 3.63) is 11.7 Å². The molecule has 0 saturated carbocycles. The molecule has 0 aromatic carbocycles. The van der Waals surface area contributed by atoms with Gasteiger partial charge in [0.1, 0.15) is 0 Å². The summed E-state index contributed by atoms with van der Waals surface area (Å²) in [5.41, 5.74) is 0. The van der Waals surface area contributed by atoms with Crippen LogP contribution in [0, 0.1) is 0 Å². The fraction of sp³-hybridized carbons (Fsp3) is 0.800. The van der Waals surface area contributed by atoms with Gasteiger partial charge in [0.25, 0.3) is 0 Å². The summed E-state index contributed by atoms with van der Waals surface area (Å²) in [6.45, 7) is 7.29. The second-order valence-corrected chi connectivity index (χ2v) is 7.15. The monoisotopic (exact) mass is 261 g/mol. The van der Waals surface area contributed by atoms with Crippen LogP contribution < -0.4 is 0 Å². The van der Waals surface area contributed by atoms with Crippen molar-refractivity contribution in [1.29, 1.82) is 0 Å². The van der Waals surface area contributed by atoms with Crippen molar-refractivity contribution in [1.82, 2.24) is 14.4 Å². The van der Waals surface area contributed by atoms with Crippen LogP contribution >= 0.6 is 0 Å². The van der Waals surface area contributed by atoms with Gasteiger partial charge >= 0.3 is 0 Å². The largest absolute Gasteiger partial charge is 0.339 e. The number of aromatic nitrogens is 2. The van der Waals surface area contributed by atoms with E-state index in [0.717, 1.165) is 0 Å². The minimum Gasteiger partial charge on any atom is -0.339 e. The molecular formula is C10H19N3O3S. The molecule has 0 radical (unpaired) electrons. The van der Waals surface area contributed by atoms with Crippen LogP contribution in [0.4, 0.5) is 0 Å². The van der Waals surface area contributed by atoms with E-state index >= 15 is 0 Å². The highest BCUT2D eigenvalue weighted by atomic mass is 32.2. The number of nitrogens with zero attached hydrogens (tertiary/aromatic N) is 3. The summed E-state index contributed by atoms with van der Waals surface area (Å²) in [4.78, 5) is 4.14. The molecule has 0 aliphatic rings. The maximum Gasteiger partial charge on any atom is 0.229 e. The van der Waals surface area contributed by atoms with Gasteiger partial charge in [-0.05, 0) is 13.8 Å². The summed E-state index contributed by atoms with van der Waals surface area (Å²) < 4.78 is 29.9. The molecule has 1 rings (SSSR count). The molecule has 0 N–H and O–H groups in total. The van der Waals surface area contributed by atoms with Crippen molar-refractivity contribution in [2.75, 3.05) is 7.05 Å². The normalized spacial score (nSPS) is 12.9. The van der Waals surface area contributed by atoms with Gasteiger partial charge in [0.15, 0.2) is 5.82 Å². The minimum atomic E-state index is -3.27. The summed E-state index contributed by atoms with van der Waals surface area (Å²) in [7, 11) is -1.76. The van der Waals surface area contributed by atoms with E-state index in [4.69, 9.17) is 4.52 Å². The SMILES string of the molecule is CC(C)c1nc(CN(C)S(=O)(=O)C(C)C)no1. The molecule has 1 aromatic rings. The molecule has 1 heterocycles. The lowest BCUT2D eigenvalue weighted by Crippen LogP contribution is -2.32. The van der Waals surface area contributed by atoms with E-state index in [0.29, 0.717) is 11.7 Å². The van der Waals surface area contributed by atoms with Crippen molar-refractivity contribution in [2.45, 2.75) is 45.4 Å². The van der Waals surface area contributed by atoms with Crippen LogP contribution in [0.1, 0.15) is 45.3 Å². The lowest BCUT2D eigenvalue weighted by Gasteiger charge is -2.17. The van der Waals surface area contributed by atoms with E-state index in [-0.39, 0.29) is 12.5 Å². The van der Waals surface area contributed by atoms with Crippen LogP contribution in [0.2, 0.25) is 0 Å². The zero-order valence-corrected chi connectivity index (χ0v) is 11.7. The maximum absolute atomic E-state index is 11.8. The van der Waals surface area contributed by atoms with Gasteiger partial charge in [-0.3, -0.25) is 0 Å². The van der Waals surface area contributed by atoms with Crippen LogP contribution in [0.5, 0.6) is 0 Å². The van der Waals surface area contributed by atoms with Gasteiger partial charge in [-0.15, -0.1) is 0 Å². The summed E-state index contributed by atoms with van der Waals surface area (Å²) in [6, 6.07) is 0. The first kappa shape index (κ1) is 14.1. The maximum atomic E-state index is 11.8. The van der Waals surface area contributed by atoms with Crippen LogP contribution in [-0.2, 0) is 16.6 Å². The molecule has 0 saturated heterocycles. The Bertz CT molecular complexity index is 465. The van der Waals surface area contributed by atoms with E-state index < -0.39 is 15.3 Å². The molecule has 7 heteroatoms. The molecule has 98 valence electrons.